The number of esters is 1. The zero-order valence-electron chi connectivity index (χ0n) is 11.7. The molecule has 108 valence electrons. The summed E-state index contributed by atoms with van der Waals surface area (Å²) in [7, 11) is 0. The lowest BCUT2D eigenvalue weighted by atomic mass is 10.0. The third-order valence-electron chi connectivity index (χ3n) is 2.82. The smallest absolute Gasteiger partial charge is 0.315 e. The van der Waals surface area contributed by atoms with E-state index in [1.165, 1.54) is 18.5 Å². The molecule has 0 amide bonds. The molecular weight excluding hydrogens is 268 g/mol. The summed E-state index contributed by atoms with van der Waals surface area (Å²) in [6, 6.07) is 7.35. The van der Waals surface area contributed by atoms with Gasteiger partial charge in [0.1, 0.15) is 0 Å². The van der Waals surface area contributed by atoms with Gasteiger partial charge in [-0.05, 0) is 12.5 Å². The molecule has 1 aromatic heterocycles. The van der Waals surface area contributed by atoms with Gasteiger partial charge in [-0.1, -0.05) is 30.3 Å². The van der Waals surface area contributed by atoms with Crippen LogP contribution in [0.5, 0.6) is 5.75 Å². The van der Waals surface area contributed by atoms with Crippen LogP contribution in [0, 0.1) is 0 Å². The fourth-order valence-electron chi connectivity index (χ4n) is 1.86. The molecular formula is C16H16N2O3. The minimum atomic E-state index is -0.616. The van der Waals surface area contributed by atoms with E-state index in [4.69, 9.17) is 4.74 Å². The lowest BCUT2D eigenvalue weighted by molar-refractivity contribution is -0.133. The van der Waals surface area contributed by atoms with Crippen molar-refractivity contribution in [2.24, 2.45) is 0 Å². The van der Waals surface area contributed by atoms with Crippen LogP contribution in [0.4, 0.5) is 0 Å². The number of ether oxygens (including phenoxy) is 1. The van der Waals surface area contributed by atoms with Gasteiger partial charge in [-0.15, -0.1) is 6.58 Å². The number of benzene rings is 1. The van der Waals surface area contributed by atoms with Gasteiger partial charge in [0.25, 0.3) is 0 Å². The normalized spacial score (nSPS) is 11.7. The Morgan fingerprint density at radius 1 is 1.38 bits per heavy atom. The van der Waals surface area contributed by atoms with E-state index in [1.807, 2.05) is 24.3 Å². The third-order valence-corrected chi connectivity index (χ3v) is 2.82. The first kappa shape index (κ1) is 14.9. The first-order valence-electron chi connectivity index (χ1n) is 6.52. The van der Waals surface area contributed by atoms with Gasteiger partial charge in [-0.25, -0.2) is 9.97 Å². The van der Waals surface area contributed by atoms with Gasteiger partial charge in [0.2, 0.25) is 0 Å². The Balaban J connectivity index is 2.23. The van der Waals surface area contributed by atoms with Crippen molar-refractivity contribution in [1.82, 2.24) is 9.97 Å². The van der Waals surface area contributed by atoms with E-state index >= 15 is 0 Å². The quantitative estimate of drug-likeness (QED) is 0.675. The van der Waals surface area contributed by atoms with Crippen LogP contribution in [0.1, 0.15) is 25.0 Å². The highest BCUT2D eigenvalue weighted by Gasteiger charge is 2.11. The van der Waals surface area contributed by atoms with Gasteiger partial charge in [-0.2, -0.15) is 0 Å². The summed E-state index contributed by atoms with van der Waals surface area (Å²) in [5.41, 5.74) is 1.49. The molecule has 0 aliphatic carbocycles. The Kier molecular flexibility index (Phi) is 4.79. The lowest BCUT2D eigenvalue weighted by Crippen LogP contribution is -2.07. The standard InChI is InChI=1S/C16H16N2O3/c1-3-6-15(20)21-12-9-17-16(18-10-12)14-8-5-4-7-13(14)11(2)19/h3-5,7-11,19H,1,6H2,2H3. The molecule has 5 heteroatoms. The highest BCUT2D eigenvalue weighted by Crippen LogP contribution is 2.25. The average molecular weight is 284 g/mol. The molecule has 1 heterocycles. The number of carbonyl (C=O) groups is 1. The number of hydrogen-bond acceptors (Lipinski definition) is 5. The van der Waals surface area contributed by atoms with E-state index in [1.54, 1.807) is 6.92 Å². The molecule has 0 spiro atoms. The molecule has 1 N–H and O–H groups in total. The second-order valence-corrected chi connectivity index (χ2v) is 4.47. The van der Waals surface area contributed by atoms with Crippen molar-refractivity contribution in [1.29, 1.82) is 0 Å². The monoisotopic (exact) mass is 284 g/mol. The van der Waals surface area contributed by atoms with Crippen LogP contribution in [0.2, 0.25) is 0 Å². The Morgan fingerprint density at radius 2 is 2.05 bits per heavy atom. The number of aliphatic hydroxyl groups is 1. The highest BCUT2D eigenvalue weighted by molar-refractivity contribution is 5.73. The van der Waals surface area contributed by atoms with Gasteiger partial charge in [0, 0.05) is 5.56 Å². The van der Waals surface area contributed by atoms with Crippen LogP contribution in [0.3, 0.4) is 0 Å². The summed E-state index contributed by atoms with van der Waals surface area (Å²) in [5, 5.41) is 9.76. The molecule has 0 saturated heterocycles. The number of nitrogens with zero attached hydrogens (tertiary/aromatic N) is 2. The van der Waals surface area contributed by atoms with Crippen LogP contribution in [0.25, 0.3) is 11.4 Å². The van der Waals surface area contributed by atoms with Crippen LogP contribution in [0.15, 0.2) is 49.3 Å². The van der Waals surface area contributed by atoms with Crippen molar-refractivity contribution in [2.45, 2.75) is 19.4 Å². The zero-order chi connectivity index (χ0) is 15.2. The minimum Gasteiger partial charge on any atom is -0.423 e. The molecule has 0 fully saturated rings. The van der Waals surface area contributed by atoms with Crippen molar-refractivity contribution in [3.8, 4) is 17.1 Å². The number of hydrogen-bond donors (Lipinski definition) is 1. The van der Waals surface area contributed by atoms with Crippen LogP contribution in [-0.2, 0) is 4.79 Å². The first-order valence-corrected chi connectivity index (χ1v) is 6.52. The Bertz CT molecular complexity index is 636. The summed E-state index contributed by atoms with van der Waals surface area (Å²) in [4.78, 5) is 19.7. The molecule has 0 bridgehead atoms. The molecule has 1 unspecified atom stereocenters. The van der Waals surface area contributed by atoms with Crippen LogP contribution < -0.4 is 4.74 Å². The number of aliphatic hydroxyl groups excluding tert-OH is 1. The molecule has 1 aromatic carbocycles. The van der Waals surface area contributed by atoms with Crippen molar-refractivity contribution in [2.75, 3.05) is 0 Å². The second-order valence-electron chi connectivity index (χ2n) is 4.47. The molecule has 1 atom stereocenters. The number of rotatable bonds is 5. The van der Waals surface area contributed by atoms with Gasteiger partial charge >= 0.3 is 5.97 Å². The highest BCUT2D eigenvalue weighted by atomic mass is 16.5. The SMILES string of the molecule is C=CCC(=O)Oc1cnc(-c2ccccc2C(C)O)nc1. The summed E-state index contributed by atoms with van der Waals surface area (Å²) in [6.45, 7) is 5.15. The Morgan fingerprint density at radius 3 is 2.67 bits per heavy atom. The molecule has 0 radical (unpaired) electrons. The topological polar surface area (TPSA) is 72.3 Å². The van der Waals surface area contributed by atoms with Gasteiger partial charge < -0.3 is 9.84 Å². The molecule has 2 rings (SSSR count). The van der Waals surface area contributed by atoms with Crippen LogP contribution >= 0.6 is 0 Å². The average Bonchev–Trinajstić information content (AvgIpc) is 2.48. The van der Waals surface area contributed by atoms with Gasteiger partial charge in [0.15, 0.2) is 11.6 Å². The van der Waals surface area contributed by atoms with Crippen molar-refractivity contribution in [3.63, 3.8) is 0 Å². The van der Waals surface area contributed by atoms with E-state index in [0.29, 0.717) is 5.82 Å². The Hall–Kier alpha value is -2.53. The third kappa shape index (κ3) is 3.73. The lowest BCUT2D eigenvalue weighted by Gasteiger charge is -2.10. The van der Waals surface area contributed by atoms with E-state index in [9.17, 15) is 9.90 Å². The zero-order valence-corrected chi connectivity index (χ0v) is 11.7. The summed E-state index contributed by atoms with van der Waals surface area (Å²) < 4.78 is 5.04. The molecule has 0 aliphatic heterocycles. The Labute approximate surface area is 122 Å². The number of aromatic nitrogens is 2. The fraction of sp³-hybridized carbons (Fsp3) is 0.188. The largest absolute Gasteiger partial charge is 0.423 e. The van der Waals surface area contributed by atoms with E-state index in [2.05, 4.69) is 16.5 Å². The van der Waals surface area contributed by atoms with Gasteiger partial charge in [-0.3, -0.25) is 4.79 Å². The van der Waals surface area contributed by atoms with Gasteiger partial charge in [0.05, 0.1) is 24.9 Å². The van der Waals surface area contributed by atoms with Crippen molar-refractivity contribution in [3.05, 3.63) is 54.9 Å². The van der Waals surface area contributed by atoms with Crippen LogP contribution in [-0.4, -0.2) is 21.0 Å². The molecule has 2 aromatic rings. The molecule has 21 heavy (non-hydrogen) atoms. The maximum absolute atomic E-state index is 11.3. The number of carbonyl (C=O) groups excluding carboxylic acids is 1. The fourth-order valence-corrected chi connectivity index (χ4v) is 1.86. The maximum atomic E-state index is 11.3. The van der Waals surface area contributed by atoms with E-state index in [0.717, 1.165) is 11.1 Å². The molecule has 5 nitrogen and oxygen atoms in total. The second kappa shape index (κ2) is 6.76. The van der Waals surface area contributed by atoms with E-state index in [-0.39, 0.29) is 12.2 Å². The predicted octanol–water partition coefficient (Wildman–Crippen LogP) is 2.68. The first-order chi connectivity index (χ1) is 10.1. The maximum Gasteiger partial charge on any atom is 0.315 e. The van der Waals surface area contributed by atoms with E-state index < -0.39 is 12.1 Å². The predicted molar refractivity (Wildman–Crippen MR) is 78.6 cm³/mol. The van der Waals surface area contributed by atoms with Crippen molar-refractivity contribution < 1.29 is 14.6 Å². The summed E-state index contributed by atoms with van der Waals surface area (Å²) in [6.07, 6.45) is 3.85. The summed E-state index contributed by atoms with van der Waals surface area (Å²) in [5.74, 6) is 0.334. The van der Waals surface area contributed by atoms with Crippen molar-refractivity contribution >= 4 is 5.97 Å². The molecule has 0 aliphatic rings. The minimum absolute atomic E-state index is 0.132. The molecule has 0 saturated carbocycles. The summed E-state index contributed by atoms with van der Waals surface area (Å²) >= 11 is 0.